The third-order valence-corrected chi connectivity index (χ3v) is 11.2. The van der Waals surface area contributed by atoms with Crippen molar-refractivity contribution in [1.29, 1.82) is 0 Å². The van der Waals surface area contributed by atoms with Gasteiger partial charge >= 0.3 is 17.9 Å². The van der Waals surface area contributed by atoms with Gasteiger partial charge in [0.2, 0.25) is 0 Å². The summed E-state index contributed by atoms with van der Waals surface area (Å²) in [5.74, 6) is -0.979. The highest BCUT2D eigenvalue weighted by Gasteiger charge is 2.19. The van der Waals surface area contributed by atoms with Crippen molar-refractivity contribution in [2.24, 2.45) is 0 Å². The van der Waals surface area contributed by atoms with Gasteiger partial charge < -0.3 is 14.2 Å². The number of carbonyl (C=O) groups excluding carboxylic acids is 3. The maximum atomic E-state index is 12.8. The number of ether oxygens (including phenoxy) is 3. The lowest BCUT2D eigenvalue weighted by Crippen LogP contribution is -2.30. The van der Waals surface area contributed by atoms with Gasteiger partial charge in [-0.3, -0.25) is 14.4 Å². The summed E-state index contributed by atoms with van der Waals surface area (Å²) in [6, 6.07) is 0. The van der Waals surface area contributed by atoms with Crippen LogP contribution in [0.5, 0.6) is 0 Å². The quantitative estimate of drug-likeness (QED) is 0.0262. The van der Waals surface area contributed by atoms with Crippen molar-refractivity contribution in [3.63, 3.8) is 0 Å². The van der Waals surface area contributed by atoms with E-state index in [0.29, 0.717) is 19.3 Å². The van der Waals surface area contributed by atoms with E-state index in [1.807, 2.05) is 0 Å². The molecule has 0 heterocycles. The van der Waals surface area contributed by atoms with E-state index in [-0.39, 0.29) is 37.5 Å². The standard InChI is InChI=1S/C62H100O6/c1-4-7-10-13-16-19-21-23-25-27-28-29-30-31-32-33-34-36-37-39-41-43-46-49-52-55-61(64)67-58-59(57-66-60(63)54-51-48-45-18-15-12-9-6-3)68-62(65)56-53-50-47-44-42-40-38-35-26-24-22-20-17-14-11-8-5-2/h7-8,10-11,16-17,19-20,23-26,28-29,31-32,38,40,44,47,59H,4-6,9,12-15,18,21-22,27,30,33-37,39,41-43,45-46,48-58H2,1-3H3/b10-7-,11-8-,19-16-,20-17-,25-23-,26-24-,29-28-,32-31-,40-38-,47-44-. The van der Waals surface area contributed by atoms with E-state index in [1.165, 1.54) is 70.6 Å². The Labute approximate surface area is 418 Å². The molecule has 1 atom stereocenters. The molecule has 0 aliphatic carbocycles. The molecule has 0 rings (SSSR count). The Kier molecular flexibility index (Phi) is 52.0. The lowest BCUT2D eigenvalue weighted by Gasteiger charge is -2.18. The van der Waals surface area contributed by atoms with Crippen LogP contribution >= 0.6 is 0 Å². The molecule has 0 radical (unpaired) electrons. The van der Waals surface area contributed by atoms with E-state index in [9.17, 15) is 14.4 Å². The first-order chi connectivity index (χ1) is 33.5. The summed E-state index contributed by atoms with van der Waals surface area (Å²) >= 11 is 0. The molecule has 1 unspecified atom stereocenters. The molecule has 0 aromatic carbocycles. The predicted octanol–water partition coefficient (Wildman–Crippen LogP) is 18.5. The zero-order valence-corrected chi connectivity index (χ0v) is 43.8. The van der Waals surface area contributed by atoms with Crippen LogP contribution < -0.4 is 0 Å². The zero-order valence-electron chi connectivity index (χ0n) is 43.8. The second kappa shape index (κ2) is 55.4. The van der Waals surface area contributed by atoms with Crippen LogP contribution in [0.3, 0.4) is 0 Å². The number of hydrogen-bond acceptors (Lipinski definition) is 6. The summed E-state index contributed by atoms with van der Waals surface area (Å²) in [7, 11) is 0. The van der Waals surface area contributed by atoms with Crippen LogP contribution in [0.25, 0.3) is 0 Å². The molecule has 0 aliphatic heterocycles. The summed E-state index contributed by atoms with van der Waals surface area (Å²) in [6.07, 6.45) is 76.3. The minimum absolute atomic E-state index is 0.104. The molecule has 6 heteroatoms. The maximum absolute atomic E-state index is 12.8. The smallest absolute Gasteiger partial charge is 0.306 e. The van der Waals surface area contributed by atoms with Crippen molar-refractivity contribution in [2.75, 3.05) is 13.2 Å². The van der Waals surface area contributed by atoms with Crippen molar-refractivity contribution in [2.45, 2.75) is 239 Å². The van der Waals surface area contributed by atoms with Crippen molar-refractivity contribution in [3.8, 4) is 0 Å². The Hall–Kier alpha value is -4.19. The summed E-state index contributed by atoms with van der Waals surface area (Å²) < 4.78 is 16.7. The molecule has 384 valence electrons. The molecular weight excluding hydrogens is 841 g/mol. The average molecular weight is 941 g/mol. The van der Waals surface area contributed by atoms with Crippen molar-refractivity contribution in [3.05, 3.63) is 122 Å². The molecule has 0 amide bonds. The minimum Gasteiger partial charge on any atom is -0.462 e. The fourth-order valence-electron chi connectivity index (χ4n) is 7.15. The molecule has 0 fully saturated rings. The topological polar surface area (TPSA) is 78.9 Å². The van der Waals surface area contributed by atoms with Gasteiger partial charge in [0.25, 0.3) is 0 Å². The zero-order chi connectivity index (χ0) is 49.3. The summed E-state index contributed by atoms with van der Waals surface area (Å²) in [5, 5.41) is 0. The third-order valence-electron chi connectivity index (χ3n) is 11.2. The van der Waals surface area contributed by atoms with Crippen LogP contribution in [-0.4, -0.2) is 37.2 Å². The molecule has 0 aromatic heterocycles. The summed E-state index contributed by atoms with van der Waals surface area (Å²) in [5.41, 5.74) is 0. The van der Waals surface area contributed by atoms with Gasteiger partial charge in [0, 0.05) is 19.3 Å². The normalized spacial score (nSPS) is 13.0. The molecule has 0 bridgehead atoms. The molecule has 6 nitrogen and oxygen atoms in total. The van der Waals surface area contributed by atoms with Crippen LogP contribution in [0.1, 0.15) is 233 Å². The monoisotopic (exact) mass is 941 g/mol. The number of allylic oxidation sites excluding steroid dienone is 20. The predicted molar refractivity (Wildman–Crippen MR) is 293 cm³/mol. The molecule has 0 saturated carbocycles. The average Bonchev–Trinajstić information content (AvgIpc) is 3.34. The van der Waals surface area contributed by atoms with E-state index >= 15 is 0 Å². The van der Waals surface area contributed by atoms with Crippen LogP contribution in [-0.2, 0) is 28.6 Å². The summed E-state index contributed by atoms with van der Waals surface area (Å²) in [4.78, 5) is 37.9. The maximum Gasteiger partial charge on any atom is 0.306 e. The van der Waals surface area contributed by atoms with Crippen LogP contribution in [0.2, 0.25) is 0 Å². The lowest BCUT2D eigenvalue weighted by molar-refractivity contribution is -0.167. The van der Waals surface area contributed by atoms with E-state index < -0.39 is 6.10 Å². The Morgan fingerprint density at radius 3 is 0.941 bits per heavy atom. The van der Waals surface area contributed by atoms with E-state index in [4.69, 9.17) is 14.2 Å². The Bertz CT molecular complexity index is 1450. The van der Waals surface area contributed by atoms with Gasteiger partial charge in [0.15, 0.2) is 6.10 Å². The third kappa shape index (κ3) is 52.8. The van der Waals surface area contributed by atoms with Gasteiger partial charge in [-0.05, 0) is 103 Å². The van der Waals surface area contributed by atoms with Crippen LogP contribution in [0, 0.1) is 0 Å². The lowest BCUT2D eigenvalue weighted by atomic mass is 10.1. The van der Waals surface area contributed by atoms with Crippen LogP contribution in [0.4, 0.5) is 0 Å². The fourth-order valence-corrected chi connectivity index (χ4v) is 7.15. The summed E-state index contributed by atoms with van der Waals surface area (Å²) in [6.45, 7) is 6.32. The minimum atomic E-state index is -0.810. The molecule has 0 spiro atoms. The Balaban J connectivity index is 4.33. The number of hydrogen-bond donors (Lipinski definition) is 0. The fraction of sp³-hybridized carbons (Fsp3) is 0.629. The molecule has 0 saturated heterocycles. The molecule has 68 heavy (non-hydrogen) atoms. The first-order valence-corrected chi connectivity index (χ1v) is 27.5. The second-order valence-electron chi connectivity index (χ2n) is 17.7. The Morgan fingerprint density at radius 2 is 0.588 bits per heavy atom. The Morgan fingerprint density at radius 1 is 0.309 bits per heavy atom. The van der Waals surface area contributed by atoms with Gasteiger partial charge in [0.05, 0.1) is 0 Å². The SMILES string of the molecule is CC/C=C\C/C=C\C/C=C\C/C=C\C/C=C\CCCCCCCCCCCC(=O)OCC(COC(=O)CCCCCCCCCC)OC(=O)CCC/C=C\C/C=C\C/C=C\C/C=C\C/C=C\CC. The largest absolute Gasteiger partial charge is 0.462 e. The van der Waals surface area contributed by atoms with Gasteiger partial charge in [-0.15, -0.1) is 0 Å². The highest BCUT2D eigenvalue weighted by atomic mass is 16.6. The number of carbonyl (C=O) groups is 3. The van der Waals surface area contributed by atoms with Gasteiger partial charge in [-0.25, -0.2) is 0 Å². The van der Waals surface area contributed by atoms with E-state index in [1.54, 1.807) is 0 Å². The van der Waals surface area contributed by atoms with E-state index in [2.05, 4.69) is 142 Å². The van der Waals surface area contributed by atoms with Gasteiger partial charge in [0.1, 0.15) is 13.2 Å². The molecular formula is C62H100O6. The molecule has 0 N–H and O–H groups in total. The van der Waals surface area contributed by atoms with Crippen LogP contribution in [0.15, 0.2) is 122 Å². The van der Waals surface area contributed by atoms with Gasteiger partial charge in [-0.1, -0.05) is 232 Å². The second-order valence-corrected chi connectivity index (χ2v) is 17.7. The van der Waals surface area contributed by atoms with Crippen molar-refractivity contribution in [1.82, 2.24) is 0 Å². The van der Waals surface area contributed by atoms with Crippen molar-refractivity contribution < 1.29 is 28.6 Å². The van der Waals surface area contributed by atoms with Gasteiger partial charge in [-0.2, -0.15) is 0 Å². The number of esters is 3. The molecule has 0 aliphatic rings. The highest BCUT2D eigenvalue weighted by Crippen LogP contribution is 2.14. The number of rotatable bonds is 48. The first-order valence-electron chi connectivity index (χ1n) is 27.5. The molecule has 0 aromatic rings. The number of unbranched alkanes of at least 4 members (excludes halogenated alkanes) is 17. The van der Waals surface area contributed by atoms with Crippen molar-refractivity contribution >= 4 is 17.9 Å². The highest BCUT2D eigenvalue weighted by molar-refractivity contribution is 5.71. The van der Waals surface area contributed by atoms with E-state index in [0.717, 1.165) is 116 Å². The first kappa shape index (κ1) is 63.8.